The molecule has 1 aromatic rings. The highest BCUT2D eigenvalue weighted by molar-refractivity contribution is 7.57. The lowest BCUT2D eigenvalue weighted by molar-refractivity contribution is -0.132. The number of alkyl carbamates (subject to hydrolysis) is 1. The summed E-state index contributed by atoms with van der Waals surface area (Å²) in [6.07, 6.45) is 0.0329. The van der Waals surface area contributed by atoms with E-state index in [1.807, 2.05) is 33.8 Å². The predicted molar refractivity (Wildman–Crippen MR) is 183 cm³/mol. The molecule has 0 aliphatic carbocycles. The lowest BCUT2D eigenvalue weighted by atomic mass is 9.97. The molecule has 270 valence electrons. The highest BCUT2D eigenvalue weighted by atomic mass is 31.2. The minimum absolute atomic E-state index is 0.0331. The first-order valence-corrected chi connectivity index (χ1v) is 18.2. The van der Waals surface area contributed by atoms with Crippen LogP contribution in [0.5, 0.6) is 0 Å². The number of rotatable bonds is 17. The molecule has 0 aromatic heterocycles. The number of hydrogen-bond acceptors (Lipinski definition) is 8. The fourth-order valence-electron chi connectivity index (χ4n) is 5.34. The van der Waals surface area contributed by atoms with E-state index in [9.17, 15) is 24.0 Å². The highest BCUT2D eigenvalue weighted by Gasteiger charge is 2.49. The average molecular weight is 695 g/mol. The normalized spacial score (nSPS) is 18.9. The third kappa shape index (κ3) is 12.2. The highest BCUT2D eigenvalue weighted by Crippen LogP contribution is 2.57. The Morgan fingerprint density at radius 1 is 1.02 bits per heavy atom. The van der Waals surface area contributed by atoms with Crippen molar-refractivity contribution in [2.45, 2.75) is 110 Å². The summed E-state index contributed by atoms with van der Waals surface area (Å²) < 4.78 is 27.5. The fraction of sp³-hybridized carbons (Fsp3) is 0.667. The van der Waals surface area contributed by atoms with Crippen molar-refractivity contribution < 1.29 is 37.8 Å². The monoisotopic (exact) mass is 694 g/mol. The summed E-state index contributed by atoms with van der Waals surface area (Å²) in [5, 5.41) is 10.9. The molecule has 14 nitrogen and oxygen atoms in total. The number of carbonyl (C=O) groups excluding carboxylic acids is 5. The molecule has 1 fully saturated rings. The minimum atomic E-state index is -4.07. The Morgan fingerprint density at radius 3 is 2.21 bits per heavy atom. The fourth-order valence-corrected chi connectivity index (χ4v) is 7.92. The number of primary amides is 1. The van der Waals surface area contributed by atoms with Crippen molar-refractivity contribution in [1.29, 1.82) is 0 Å². The van der Waals surface area contributed by atoms with Gasteiger partial charge in [-0.3, -0.25) is 23.7 Å². The summed E-state index contributed by atoms with van der Waals surface area (Å²) in [6, 6.07) is 5.80. The Morgan fingerprint density at radius 2 is 1.67 bits per heavy atom. The lowest BCUT2D eigenvalue weighted by Gasteiger charge is -2.37. The molecular weight excluding hydrogens is 639 g/mol. The Labute approximate surface area is 284 Å². The molecule has 0 bridgehead atoms. The maximum Gasteiger partial charge on any atom is 0.408 e. The van der Waals surface area contributed by atoms with E-state index in [2.05, 4.69) is 21.3 Å². The first-order valence-electron chi connectivity index (χ1n) is 16.5. The Bertz CT molecular complexity index is 1300. The Balaban J connectivity index is 2.44. The van der Waals surface area contributed by atoms with Gasteiger partial charge in [0.25, 0.3) is 7.52 Å². The van der Waals surface area contributed by atoms with E-state index in [4.69, 9.17) is 15.0 Å². The van der Waals surface area contributed by atoms with Crippen molar-refractivity contribution in [1.82, 2.24) is 25.9 Å². The standard InChI is InChI=1S/C33H55N6O8P/c1-9-22(4)28(31(43)35-20-21(2)3)38-30(42)25-16-13-17-39(25)48(45,46-8)27(18-23-14-11-10-12-15-23)37-29(41)24(19-26(34)40)36-32(44)47-33(5,6)7/h10-12,14-15,21-22,24-25,27-28H,9,13,16-20H2,1-8H3,(H2,34,40)(H,35,43)(H,36,44)(H,37,41)(H,38,42)/t22?,24-,25-,27-,28-,48-/m0/s1. The van der Waals surface area contributed by atoms with Gasteiger partial charge in [-0.2, -0.15) is 0 Å². The van der Waals surface area contributed by atoms with Gasteiger partial charge in [0.2, 0.25) is 23.6 Å². The molecular formula is C33H55N6O8P. The van der Waals surface area contributed by atoms with Crippen LogP contribution >= 0.6 is 7.52 Å². The van der Waals surface area contributed by atoms with E-state index in [0.29, 0.717) is 31.4 Å². The second kappa shape index (κ2) is 18.3. The van der Waals surface area contributed by atoms with Crippen LogP contribution in [0.4, 0.5) is 4.79 Å². The molecule has 48 heavy (non-hydrogen) atoms. The van der Waals surface area contributed by atoms with E-state index >= 15 is 4.57 Å². The zero-order valence-corrected chi connectivity index (χ0v) is 30.4. The van der Waals surface area contributed by atoms with Gasteiger partial charge in [0, 0.05) is 26.6 Å². The molecule has 5 amide bonds. The topological polar surface area (TPSA) is 198 Å². The number of nitrogens with two attached hydrogens (primary N) is 1. The first-order chi connectivity index (χ1) is 22.4. The summed E-state index contributed by atoms with van der Waals surface area (Å²) in [5.74, 6) is -3.62. The zero-order chi connectivity index (χ0) is 36.2. The van der Waals surface area contributed by atoms with Gasteiger partial charge in [-0.05, 0) is 51.0 Å². The van der Waals surface area contributed by atoms with Crippen LogP contribution in [0.25, 0.3) is 0 Å². The summed E-state index contributed by atoms with van der Waals surface area (Å²) in [5.41, 5.74) is 5.24. The van der Waals surface area contributed by atoms with Crippen molar-refractivity contribution in [2.24, 2.45) is 17.6 Å². The third-order valence-electron chi connectivity index (χ3n) is 8.01. The quantitative estimate of drug-likeness (QED) is 0.152. The molecule has 1 aromatic carbocycles. The molecule has 6 atom stereocenters. The van der Waals surface area contributed by atoms with Crippen LogP contribution in [-0.2, 0) is 39.4 Å². The molecule has 1 heterocycles. The van der Waals surface area contributed by atoms with Crippen LogP contribution in [-0.4, -0.2) is 84.1 Å². The van der Waals surface area contributed by atoms with Gasteiger partial charge in [0.05, 0.1) is 12.5 Å². The molecule has 1 unspecified atom stereocenters. The minimum Gasteiger partial charge on any atom is -0.444 e. The summed E-state index contributed by atoms with van der Waals surface area (Å²) in [6.45, 7) is 13.4. The van der Waals surface area contributed by atoms with E-state index in [-0.39, 0.29) is 30.7 Å². The van der Waals surface area contributed by atoms with Gasteiger partial charge < -0.3 is 36.3 Å². The molecule has 2 rings (SSSR count). The number of nitrogens with one attached hydrogen (secondary N) is 4. The molecule has 0 saturated carbocycles. The van der Waals surface area contributed by atoms with E-state index in [1.54, 1.807) is 45.0 Å². The number of benzene rings is 1. The van der Waals surface area contributed by atoms with Crippen molar-refractivity contribution in [3.63, 3.8) is 0 Å². The van der Waals surface area contributed by atoms with Crippen LogP contribution in [0.2, 0.25) is 0 Å². The van der Waals surface area contributed by atoms with Crippen molar-refractivity contribution in [3.8, 4) is 0 Å². The van der Waals surface area contributed by atoms with Crippen molar-refractivity contribution in [2.75, 3.05) is 20.2 Å². The molecule has 6 N–H and O–H groups in total. The number of hydrogen-bond donors (Lipinski definition) is 5. The van der Waals surface area contributed by atoms with E-state index < -0.39 is 67.3 Å². The van der Waals surface area contributed by atoms with Gasteiger partial charge in [-0.25, -0.2) is 9.46 Å². The second-order valence-corrected chi connectivity index (χ2v) is 16.3. The van der Waals surface area contributed by atoms with Crippen LogP contribution < -0.4 is 27.0 Å². The molecule has 1 aliphatic heterocycles. The van der Waals surface area contributed by atoms with Crippen LogP contribution in [0.15, 0.2) is 30.3 Å². The Kier molecular flexibility index (Phi) is 15.5. The number of nitrogens with zero attached hydrogens (tertiary/aromatic N) is 1. The maximum atomic E-state index is 15.0. The van der Waals surface area contributed by atoms with Gasteiger partial charge in [-0.1, -0.05) is 64.4 Å². The van der Waals surface area contributed by atoms with Gasteiger partial charge in [0.15, 0.2) is 0 Å². The Hall–Kier alpha value is -3.48. The van der Waals surface area contributed by atoms with E-state index in [0.717, 1.165) is 0 Å². The lowest BCUT2D eigenvalue weighted by Crippen LogP contribution is -2.56. The molecule has 0 radical (unpaired) electrons. The van der Waals surface area contributed by atoms with Gasteiger partial charge >= 0.3 is 6.09 Å². The molecule has 1 aliphatic rings. The predicted octanol–water partition coefficient (Wildman–Crippen LogP) is 3.05. The van der Waals surface area contributed by atoms with Crippen LogP contribution in [0, 0.1) is 11.8 Å². The molecule has 0 spiro atoms. The number of amides is 5. The first kappa shape index (κ1) is 40.7. The third-order valence-corrected chi connectivity index (χ3v) is 10.8. The molecule has 1 saturated heterocycles. The summed E-state index contributed by atoms with van der Waals surface area (Å²) in [7, 11) is -2.82. The molecule has 15 heteroatoms. The van der Waals surface area contributed by atoms with Crippen molar-refractivity contribution in [3.05, 3.63) is 35.9 Å². The second-order valence-electron chi connectivity index (χ2n) is 13.7. The van der Waals surface area contributed by atoms with Crippen molar-refractivity contribution >= 4 is 37.2 Å². The van der Waals surface area contributed by atoms with E-state index in [1.165, 1.54) is 11.8 Å². The SMILES string of the molecule is CCC(C)[C@H](NC(=O)[C@@H]1CCCN1[P@@](=O)(OC)[C@@H](Cc1ccccc1)NC(=O)[C@H](CC(N)=O)NC(=O)OC(C)(C)C)C(=O)NCC(C)C. The average Bonchev–Trinajstić information content (AvgIpc) is 3.51. The van der Waals surface area contributed by atoms with Crippen LogP contribution in [0.3, 0.4) is 0 Å². The van der Waals surface area contributed by atoms with Crippen LogP contribution in [0.1, 0.15) is 79.7 Å². The van der Waals surface area contributed by atoms with Gasteiger partial charge in [0.1, 0.15) is 23.5 Å². The maximum absolute atomic E-state index is 15.0. The van der Waals surface area contributed by atoms with Gasteiger partial charge in [-0.15, -0.1) is 0 Å². The summed E-state index contributed by atoms with van der Waals surface area (Å²) >= 11 is 0. The largest absolute Gasteiger partial charge is 0.444 e. The smallest absolute Gasteiger partial charge is 0.408 e. The number of carbonyl (C=O) groups is 5. The zero-order valence-electron chi connectivity index (χ0n) is 29.5. The summed E-state index contributed by atoms with van der Waals surface area (Å²) in [4.78, 5) is 65.1. The number of ether oxygens (including phenoxy) is 1.